The summed E-state index contributed by atoms with van der Waals surface area (Å²) in [5.41, 5.74) is 5.43. The Bertz CT molecular complexity index is 2040. The molecule has 7 rings (SSSR count). The van der Waals surface area contributed by atoms with E-state index in [0.717, 1.165) is 12.8 Å². The van der Waals surface area contributed by atoms with Crippen LogP contribution in [0.4, 0.5) is 24.8 Å². The van der Waals surface area contributed by atoms with Crippen molar-refractivity contribution in [1.82, 2.24) is 15.3 Å². The second-order valence-corrected chi connectivity index (χ2v) is 21.4. The molecule has 3 N–H and O–H groups in total. The van der Waals surface area contributed by atoms with E-state index in [9.17, 15) is 14.6 Å². The van der Waals surface area contributed by atoms with Gasteiger partial charge in [0.25, 0.3) is 0 Å². The summed E-state index contributed by atoms with van der Waals surface area (Å²) in [7, 11) is -2.27. The number of hydrogen-bond donors (Lipinski definition) is 3. The van der Waals surface area contributed by atoms with E-state index in [4.69, 9.17) is 4.98 Å². The number of alkyl halides is 1. The van der Waals surface area contributed by atoms with Crippen molar-refractivity contribution in [3.05, 3.63) is 53.2 Å². The van der Waals surface area contributed by atoms with Crippen molar-refractivity contribution in [2.24, 2.45) is 0 Å². The molecule has 5 heterocycles. The quantitative estimate of drug-likeness (QED) is 0.139. The lowest BCUT2D eigenvalue weighted by atomic mass is 9.94. The number of fused-ring (bicyclic) bond motifs is 4. The number of aliphatic hydroxyl groups is 1. The van der Waals surface area contributed by atoms with Gasteiger partial charge in [-0.3, -0.25) is 4.98 Å². The number of aryl methyl sites for hydroxylation is 1. The number of aromatic nitrogens is 2. The first kappa shape index (κ1) is 35.5. The normalized spacial score (nSPS) is 22.2. The Balaban J connectivity index is 1.48. The van der Waals surface area contributed by atoms with Crippen LogP contribution in [0, 0.1) is 30.0 Å². The number of hydrogen-bond acceptors (Lipinski definition) is 7. The molecule has 3 fully saturated rings. The molecular formula is C40H48F3N5O2Si. The van der Waals surface area contributed by atoms with E-state index in [2.05, 4.69) is 68.2 Å². The van der Waals surface area contributed by atoms with E-state index in [-0.39, 0.29) is 53.1 Å². The molecule has 7 nitrogen and oxygen atoms in total. The summed E-state index contributed by atoms with van der Waals surface area (Å²) < 4.78 is 48.1. The molecule has 51 heavy (non-hydrogen) atoms. The number of rotatable bonds is 6. The van der Waals surface area contributed by atoms with Gasteiger partial charge in [0, 0.05) is 65.2 Å². The number of phenols is 1. The minimum Gasteiger partial charge on any atom is -0.508 e. The molecule has 0 amide bonds. The zero-order valence-electron chi connectivity index (χ0n) is 30.5. The van der Waals surface area contributed by atoms with Gasteiger partial charge in [-0.1, -0.05) is 53.5 Å². The van der Waals surface area contributed by atoms with Crippen LogP contribution in [0.1, 0.15) is 65.5 Å². The third-order valence-electron chi connectivity index (χ3n) is 11.8. The van der Waals surface area contributed by atoms with E-state index in [0.29, 0.717) is 63.1 Å². The van der Waals surface area contributed by atoms with Crippen molar-refractivity contribution in [2.75, 3.05) is 36.0 Å². The molecule has 0 saturated carbocycles. The first-order valence-electron chi connectivity index (χ1n) is 18.3. The van der Waals surface area contributed by atoms with E-state index >= 15 is 8.78 Å². The van der Waals surface area contributed by atoms with Gasteiger partial charge in [0.05, 0.1) is 12.1 Å². The second kappa shape index (κ2) is 13.3. The van der Waals surface area contributed by atoms with E-state index in [1.165, 1.54) is 18.2 Å². The Morgan fingerprint density at radius 2 is 1.55 bits per heavy atom. The highest BCUT2D eigenvalue weighted by Gasteiger charge is 2.42. The van der Waals surface area contributed by atoms with Crippen LogP contribution < -0.4 is 15.1 Å². The first-order valence-corrected chi connectivity index (χ1v) is 20.5. The summed E-state index contributed by atoms with van der Waals surface area (Å²) in [4.78, 5) is 13.6. The van der Waals surface area contributed by atoms with Crippen molar-refractivity contribution < 1.29 is 23.4 Å². The van der Waals surface area contributed by atoms with Gasteiger partial charge in [-0.25, -0.2) is 18.2 Å². The average molecular weight is 716 g/mol. The molecule has 0 unspecified atom stereocenters. The van der Waals surface area contributed by atoms with Crippen LogP contribution in [0.15, 0.2) is 30.5 Å². The van der Waals surface area contributed by atoms with Gasteiger partial charge >= 0.3 is 0 Å². The van der Waals surface area contributed by atoms with Crippen LogP contribution >= 0.6 is 0 Å². The van der Waals surface area contributed by atoms with Crippen molar-refractivity contribution in [1.29, 1.82) is 0 Å². The number of aliphatic hydroxyl groups excluding tert-OH is 1. The van der Waals surface area contributed by atoms with E-state index in [1.807, 2.05) is 0 Å². The smallest absolute Gasteiger partial charge is 0.157 e. The fourth-order valence-corrected chi connectivity index (χ4v) is 14.6. The Kier molecular flexibility index (Phi) is 9.26. The predicted molar refractivity (Wildman–Crippen MR) is 202 cm³/mol. The van der Waals surface area contributed by atoms with Crippen LogP contribution in [0.25, 0.3) is 32.8 Å². The van der Waals surface area contributed by atoms with Crippen molar-refractivity contribution in [2.45, 2.75) is 102 Å². The highest BCUT2D eigenvalue weighted by Crippen LogP contribution is 2.44. The number of β-amino-alcohol motifs (C(OH)–C–C–N with tert-alkyl or cyclic N) is 1. The zero-order valence-corrected chi connectivity index (χ0v) is 31.5. The first-order chi connectivity index (χ1) is 24.2. The molecule has 270 valence electrons. The number of pyridine rings is 2. The fourth-order valence-electron chi connectivity index (χ4n) is 9.34. The standard InChI is InChI=1S/C40H48F3N5O2Si/c1-21(2)51(22(3)4,23(5)6)13-12-29-32(41)11-8-25-14-28(49)15-30(36(25)29)38-37(43)35-24(7)39(48-19-33(42)34(50)20-48)46-40(31(35)16-44-38)47-17-26-9-10-27(18-47)45-26/h8,11,14-16,21-23,26-27,33-34,45,49-50H,9-10,17-20H2,1-7H3/t26-,27+,33-,34-/m1/s1. The second-order valence-electron chi connectivity index (χ2n) is 15.8. The minimum atomic E-state index is -2.27. The fraction of sp³-hybridized carbons (Fsp3) is 0.500. The largest absolute Gasteiger partial charge is 0.508 e. The van der Waals surface area contributed by atoms with Crippen molar-refractivity contribution >= 4 is 41.3 Å². The number of anilines is 2. The molecule has 3 aliphatic rings. The number of phenolic OH excluding ortho intramolecular Hbond substituents is 1. The molecule has 0 radical (unpaired) electrons. The third kappa shape index (κ3) is 5.93. The molecule has 3 saturated heterocycles. The molecular weight excluding hydrogens is 668 g/mol. The number of nitrogens with one attached hydrogen (secondary N) is 1. The molecule has 0 aliphatic carbocycles. The number of nitrogens with zero attached hydrogens (tertiary/aromatic N) is 4. The van der Waals surface area contributed by atoms with Gasteiger partial charge in [0.15, 0.2) is 5.82 Å². The Morgan fingerprint density at radius 1 is 0.902 bits per heavy atom. The Morgan fingerprint density at radius 3 is 2.16 bits per heavy atom. The molecule has 0 spiro atoms. The maximum atomic E-state index is 17.5. The van der Waals surface area contributed by atoms with Crippen LogP contribution in [-0.4, -0.2) is 78.8 Å². The molecule has 2 aromatic heterocycles. The molecule has 3 aliphatic heterocycles. The molecule has 4 atom stereocenters. The van der Waals surface area contributed by atoms with Gasteiger partial charge in [0.2, 0.25) is 0 Å². The summed E-state index contributed by atoms with van der Waals surface area (Å²) in [6.07, 6.45) is 1.07. The highest BCUT2D eigenvalue weighted by molar-refractivity contribution is 6.90. The summed E-state index contributed by atoms with van der Waals surface area (Å²) in [5, 5.41) is 26.6. The Labute approximate surface area is 299 Å². The molecule has 4 aromatic rings. The van der Waals surface area contributed by atoms with Crippen LogP contribution in [0.2, 0.25) is 16.6 Å². The third-order valence-corrected chi connectivity index (χ3v) is 18.1. The van der Waals surface area contributed by atoms with Gasteiger partial charge < -0.3 is 25.3 Å². The summed E-state index contributed by atoms with van der Waals surface area (Å²) in [6.45, 7) is 16.3. The van der Waals surface area contributed by atoms with E-state index < -0.39 is 32.0 Å². The number of piperazine rings is 1. The van der Waals surface area contributed by atoms with Gasteiger partial charge in [0.1, 0.15) is 49.2 Å². The van der Waals surface area contributed by atoms with Gasteiger partial charge in [-0.2, -0.15) is 0 Å². The summed E-state index contributed by atoms with van der Waals surface area (Å²) in [6, 6.07) is 6.45. The number of benzene rings is 2. The Hall–Kier alpha value is -3.85. The lowest BCUT2D eigenvalue weighted by Crippen LogP contribution is -2.51. The zero-order chi connectivity index (χ0) is 36.5. The average Bonchev–Trinajstić information content (AvgIpc) is 3.59. The maximum absolute atomic E-state index is 17.5. The maximum Gasteiger partial charge on any atom is 0.157 e. The lowest BCUT2D eigenvalue weighted by Gasteiger charge is -2.38. The molecule has 11 heteroatoms. The van der Waals surface area contributed by atoms with Crippen LogP contribution in [0.5, 0.6) is 5.75 Å². The summed E-state index contributed by atoms with van der Waals surface area (Å²) in [5.74, 6) is 2.98. The SMILES string of the molecule is Cc1c(N2C[C@@H](O)[C@H](F)C2)nc(N2C[C@H]3CC[C@@H](C2)N3)c2cnc(-c3cc(O)cc4ccc(F)c(C#C[Si](C(C)C)(C(C)C)C(C)C)c34)c(F)c12. The van der Waals surface area contributed by atoms with Gasteiger partial charge in [-0.05, 0) is 60.0 Å². The topological polar surface area (TPSA) is 84.8 Å². The number of aromatic hydroxyl groups is 1. The summed E-state index contributed by atoms with van der Waals surface area (Å²) >= 11 is 0. The number of halogens is 3. The lowest BCUT2D eigenvalue weighted by molar-refractivity contribution is 0.118. The van der Waals surface area contributed by atoms with E-state index in [1.54, 1.807) is 24.1 Å². The van der Waals surface area contributed by atoms with Crippen molar-refractivity contribution in [3.63, 3.8) is 0 Å². The van der Waals surface area contributed by atoms with Crippen LogP contribution in [0.3, 0.4) is 0 Å². The van der Waals surface area contributed by atoms with Crippen molar-refractivity contribution in [3.8, 4) is 28.5 Å². The predicted octanol–water partition coefficient (Wildman–Crippen LogP) is 7.77. The highest BCUT2D eigenvalue weighted by atomic mass is 28.3. The van der Waals surface area contributed by atoms with Gasteiger partial charge in [-0.15, -0.1) is 5.54 Å². The monoisotopic (exact) mass is 715 g/mol. The molecule has 2 aromatic carbocycles. The minimum absolute atomic E-state index is 0.0404. The van der Waals surface area contributed by atoms with Crippen LogP contribution in [-0.2, 0) is 0 Å². The molecule has 2 bridgehead atoms.